The summed E-state index contributed by atoms with van der Waals surface area (Å²) in [5.41, 5.74) is -0.570. The van der Waals surface area contributed by atoms with E-state index in [2.05, 4.69) is 6.08 Å². The van der Waals surface area contributed by atoms with E-state index in [0.717, 1.165) is 12.8 Å². The number of allylic oxidation sites excluding steroid dienone is 2. The summed E-state index contributed by atoms with van der Waals surface area (Å²) in [6.45, 7) is 1.80. The zero-order valence-electron chi connectivity index (χ0n) is 6.54. The maximum absolute atomic E-state index is 10.8. The van der Waals surface area contributed by atoms with Gasteiger partial charge in [-0.05, 0) is 24.7 Å². The average molecular weight is 151 g/mol. The van der Waals surface area contributed by atoms with Crippen molar-refractivity contribution in [2.75, 3.05) is 0 Å². The van der Waals surface area contributed by atoms with Gasteiger partial charge in [-0.15, -0.1) is 0 Å². The van der Waals surface area contributed by atoms with Crippen molar-refractivity contribution in [2.24, 2.45) is 17.3 Å². The Morgan fingerprint density at radius 1 is 1.64 bits per heavy atom. The Labute approximate surface area is 65.9 Å². The zero-order valence-corrected chi connectivity index (χ0v) is 6.54. The molecule has 0 spiro atoms. The van der Waals surface area contributed by atoms with E-state index in [4.69, 9.17) is 0 Å². The molecule has 0 heterocycles. The van der Waals surface area contributed by atoms with Gasteiger partial charge in [-0.1, -0.05) is 19.1 Å². The molecule has 0 aromatic carbocycles. The molecular weight excluding hydrogens is 140 g/mol. The SMILES string of the molecule is C[C@@]1(C(=O)[O-])C[C@@H]2C=C[C@@H]1C2. The molecule has 0 aromatic rings. The van der Waals surface area contributed by atoms with Crippen LogP contribution in [0.3, 0.4) is 0 Å². The molecule has 2 nitrogen and oxygen atoms in total. The molecule has 2 aliphatic carbocycles. The van der Waals surface area contributed by atoms with Gasteiger partial charge in [0.05, 0.1) is 0 Å². The lowest BCUT2D eigenvalue weighted by atomic mass is 9.78. The van der Waals surface area contributed by atoms with E-state index in [1.165, 1.54) is 0 Å². The number of carboxylic acids is 1. The molecule has 0 amide bonds. The summed E-state index contributed by atoms with van der Waals surface area (Å²) in [6.07, 6.45) is 5.96. The molecule has 0 saturated heterocycles. The molecule has 1 saturated carbocycles. The lowest BCUT2D eigenvalue weighted by Gasteiger charge is -2.32. The van der Waals surface area contributed by atoms with Crippen LogP contribution in [0.15, 0.2) is 12.2 Å². The van der Waals surface area contributed by atoms with Crippen molar-refractivity contribution in [3.05, 3.63) is 12.2 Å². The molecule has 0 radical (unpaired) electrons. The normalized spacial score (nSPS) is 46.6. The molecule has 1 fully saturated rings. The first kappa shape index (κ1) is 6.89. The fourth-order valence-corrected chi connectivity index (χ4v) is 2.33. The largest absolute Gasteiger partial charge is 0.550 e. The molecule has 0 unspecified atom stereocenters. The standard InChI is InChI=1S/C9H12O2/c1-9(8(10)11)5-6-2-3-7(9)4-6/h2-3,6-7H,4-5H2,1H3,(H,10,11)/p-1/t6-,7-,9-/m1/s1. The van der Waals surface area contributed by atoms with Crippen LogP contribution >= 0.6 is 0 Å². The van der Waals surface area contributed by atoms with Gasteiger partial charge in [0.15, 0.2) is 0 Å². The second kappa shape index (κ2) is 1.87. The predicted molar refractivity (Wildman–Crippen MR) is 38.5 cm³/mol. The fourth-order valence-electron chi connectivity index (χ4n) is 2.33. The first-order valence-electron chi connectivity index (χ1n) is 4.03. The fraction of sp³-hybridized carbons (Fsp3) is 0.667. The molecule has 60 valence electrons. The van der Waals surface area contributed by atoms with Crippen LogP contribution in [0.4, 0.5) is 0 Å². The van der Waals surface area contributed by atoms with Crippen LogP contribution in [-0.2, 0) is 4.79 Å². The number of fused-ring (bicyclic) bond motifs is 2. The number of carbonyl (C=O) groups excluding carboxylic acids is 1. The number of carboxylic acid groups (broad SMARTS) is 1. The Balaban J connectivity index is 2.30. The van der Waals surface area contributed by atoms with Crippen LogP contribution in [0.2, 0.25) is 0 Å². The van der Waals surface area contributed by atoms with Gasteiger partial charge in [-0.3, -0.25) is 0 Å². The summed E-state index contributed by atoms with van der Waals surface area (Å²) in [4.78, 5) is 10.8. The van der Waals surface area contributed by atoms with E-state index in [1.54, 1.807) is 6.92 Å². The van der Waals surface area contributed by atoms with Crippen molar-refractivity contribution in [1.82, 2.24) is 0 Å². The maximum atomic E-state index is 10.8. The minimum absolute atomic E-state index is 0.234. The van der Waals surface area contributed by atoms with Gasteiger partial charge < -0.3 is 9.90 Å². The molecule has 11 heavy (non-hydrogen) atoms. The van der Waals surface area contributed by atoms with Crippen molar-refractivity contribution in [3.63, 3.8) is 0 Å². The first-order valence-corrected chi connectivity index (χ1v) is 4.03. The molecule has 2 bridgehead atoms. The van der Waals surface area contributed by atoms with Crippen LogP contribution in [-0.4, -0.2) is 5.97 Å². The third-order valence-corrected chi connectivity index (χ3v) is 3.14. The van der Waals surface area contributed by atoms with Crippen molar-refractivity contribution in [1.29, 1.82) is 0 Å². The van der Waals surface area contributed by atoms with Crippen LogP contribution in [0.1, 0.15) is 19.8 Å². The highest BCUT2D eigenvalue weighted by atomic mass is 16.4. The second-order valence-electron chi connectivity index (χ2n) is 3.90. The predicted octanol–water partition coefficient (Wildman–Crippen LogP) is 0.339. The van der Waals surface area contributed by atoms with E-state index in [-0.39, 0.29) is 5.92 Å². The van der Waals surface area contributed by atoms with Crippen LogP contribution < -0.4 is 5.11 Å². The van der Waals surface area contributed by atoms with Gasteiger partial charge in [-0.25, -0.2) is 0 Å². The van der Waals surface area contributed by atoms with Crippen molar-refractivity contribution in [3.8, 4) is 0 Å². The molecule has 2 rings (SSSR count). The van der Waals surface area contributed by atoms with Gasteiger partial charge >= 0.3 is 0 Å². The molecular formula is C9H11O2-. The monoisotopic (exact) mass is 151 g/mol. The average Bonchev–Trinajstić information content (AvgIpc) is 2.45. The van der Waals surface area contributed by atoms with Crippen molar-refractivity contribution in [2.45, 2.75) is 19.8 Å². The van der Waals surface area contributed by atoms with E-state index in [0.29, 0.717) is 5.92 Å². The molecule has 2 heteroatoms. The number of rotatable bonds is 1. The summed E-state index contributed by atoms with van der Waals surface area (Å²) in [7, 11) is 0. The third kappa shape index (κ3) is 0.753. The van der Waals surface area contributed by atoms with Gasteiger partial charge in [0, 0.05) is 11.4 Å². The highest BCUT2D eigenvalue weighted by molar-refractivity contribution is 5.73. The van der Waals surface area contributed by atoms with Gasteiger partial charge in [-0.2, -0.15) is 0 Å². The maximum Gasteiger partial charge on any atom is 0.0479 e. The number of carbonyl (C=O) groups is 1. The lowest BCUT2D eigenvalue weighted by Crippen LogP contribution is -2.42. The number of hydrogen-bond acceptors (Lipinski definition) is 2. The van der Waals surface area contributed by atoms with Crippen molar-refractivity contribution >= 4 is 5.97 Å². The summed E-state index contributed by atoms with van der Waals surface area (Å²) >= 11 is 0. The van der Waals surface area contributed by atoms with Crippen LogP contribution in [0, 0.1) is 17.3 Å². The molecule has 3 atom stereocenters. The number of hydrogen-bond donors (Lipinski definition) is 0. The Bertz CT molecular complexity index is 232. The molecule has 2 aliphatic rings. The minimum atomic E-state index is -0.880. The first-order chi connectivity index (χ1) is 5.13. The Morgan fingerprint density at radius 2 is 2.36 bits per heavy atom. The summed E-state index contributed by atoms with van der Waals surface area (Å²) < 4.78 is 0. The lowest BCUT2D eigenvalue weighted by molar-refractivity contribution is -0.319. The topological polar surface area (TPSA) is 40.1 Å². The third-order valence-electron chi connectivity index (χ3n) is 3.14. The molecule has 0 aliphatic heterocycles. The summed E-state index contributed by atoms with van der Waals surface area (Å²) in [5.74, 6) is -0.144. The number of aliphatic carboxylic acids is 1. The Morgan fingerprint density at radius 3 is 2.64 bits per heavy atom. The Kier molecular flexibility index (Phi) is 1.17. The summed E-state index contributed by atoms with van der Waals surface area (Å²) in [5, 5.41) is 10.8. The van der Waals surface area contributed by atoms with Crippen molar-refractivity contribution < 1.29 is 9.90 Å². The zero-order chi connectivity index (χ0) is 8.06. The van der Waals surface area contributed by atoms with Crippen LogP contribution in [0.5, 0.6) is 0 Å². The van der Waals surface area contributed by atoms with Gasteiger partial charge in [0.25, 0.3) is 0 Å². The Hall–Kier alpha value is -0.790. The smallest absolute Gasteiger partial charge is 0.0479 e. The molecule has 0 N–H and O–H groups in total. The highest BCUT2D eigenvalue weighted by Gasteiger charge is 2.45. The van der Waals surface area contributed by atoms with E-state index >= 15 is 0 Å². The second-order valence-corrected chi connectivity index (χ2v) is 3.90. The van der Waals surface area contributed by atoms with E-state index < -0.39 is 11.4 Å². The van der Waals surface area contributed by atoms with Gasteiger partial charge in [0.1, 0.15) is 0 Å². The highest BCUT2D eigenvalue weighted by Crippen LogP contribution is 2.51. The summed E-state index contributed by atoms with van der Waals surface area (Å²) in [6, 6.07) is 0. The van der Waals surface area contributed by atoms with E-state index in [1.807, 2.05) is 6.08 Å². The van der Waals surface area contributed by atoms with E-state index in [9.17, 15) is 9.90 Å². The van der Waals surface area contributed by atoms with Gasteiger partial charge in [0.2, 0.25) is 0 Å². The quantitative estimate of drug-likeness (QED) is 0.507. The minimum Gasteiger partial charge on any atom is -0.550 e. The van der Waals surface area contributed by atoms with Crippen LogP contribution in [0.25, 0.3) is 0 Å². The molecule has 0 aromatic heterocycles.